The smallest absolute Gasteiger partial charge is 0.326 e. The molecule has 1 aromatic rings. The van der Waals surface area contributed by atoms with Gasteiger partial charge in [0.2, 0.25) is 17.8 Å². The largest absolute Gasteiger partial charge is 0.480 e. The molecule has 10 heteroatoms. The maximum Gasteiger partial charge on any atom is 0.326 e. The fourth-order valence-corrected chi connectivity index (χ4v) is 3.64. The Morgan fingerprint density at radius 2 is 1.29 bits per heavy atom. The van der Waals surface area contributed by atoms with Crippen molar-refractivity contribution >= 4 is 29.8 Å². The van der Waals surface area contributed by atoms with Gasteiger partial charge in [-0.15, -0.1) is 0 Å². The topological polar surface area (TPSA) is 149 Å². The van der Waals surface area contributed by atoms with Crippen LogP contribution in [0.4, 0.5) is 17.8 Å². The van der Waals surface area contributed by atoms with Crippen LogP contribution in [-0.2, 0) is 9.59 Å². The normalized spacial score (nSPS) is 16.3. The van der Waals surface area contributed by atoms with Crippen LogP contribution in [0.5, 0.6) is 0 Å². The van der Waals surface area contributed by atoms with Gasteiger partial charge in [-0.2, -0.15) is 15.0 Å². The summed E-state index contributed by atoms with van der Waals surface area (Å²) in [5.41, 5.74) is 0. The van der Waals surface area contributed by atoms with Gasteiger partial charge in [-0.25, -0.2) is 9.59 Å². The van der Waals surface area contributed by atoms with E-state index in [1.54, 1.807) is 0 Å². The van der Waals surface area contributed by atoms with E-state index < -0.39 is 24.0 Å². The SMILES string of the molecule is CCCCC(Nc1nc(NC2CCCCC2)nc(NC(CCCC)C(=O)O)n1)C(=O)O. The fraction of sp³-hybridized carbons (Fsp3) is 0.762. The van der Waals surface area contributed by atoms with Crippen LogP contribution in [-0.4, -0.2) is 55.2 Å². The number of aliphatic carboxylic acids is 2. The van der Waals surface area contributed by atoms with Crippen LogP contribution < -0.4 is 16.0 Å². The van der Waals surface area contributed by atoms with Gasteiger partial charge < -0.3 is 26.2 Å². The van der Waals surface area contributed by atoms with Crippen molar-refractivity contribution in [2.24, 2.45) is 0 Å². The first-order valence-electron chi connectivity index (χ1n) is 11.4. The van der Waals surface area contributed by atoms with E-state index in [1.807, 2.05) is 13.8 Å². The lowest BCUT2D eigenvalue weighted by Crippen LogP contribution is -2.32. The molecule has 1 aliphatic carbocycles. The lowest BCUT2D eigenvalue weighted by Gasteiger charge is -2.23. The first-order valence-corrected chi connectivity index (χ1v) is 11.4. The maximum absolute atomic E-state index is 11.6. The third-order valence-electron chi connectivity index (χ3n) is 5.47. The first kappa shape index (κ1) is 24.6. The molecule has 174 valence electrons. The van der Waals surface area contributed by atoms with Crippen LogP contribution in [0.3, 0.4) is 0 Å². The Morgan fingerprint density at radius 3 is 1.71 bits per heavy atom. The summed E-state index contributed by atoms with van der Waals surface area (Å²) in [5, 5.41) is 28.2. The zero-order valence-electron chi connectivity index (χ0n) is 18.6. The molecule has 5 N–H and O–H groups in total. The van der Waals surface area contributed by atoms with Crippen LogP contribution in [0.15, 0.2) is 0 Å². The lowest BCUT2D eigenvalue weighted by atomic mass is 9.96. The molecule has 2 unspecified atom stereocenters. The fourth-order valence-electron chi connectivity index (χ4n) is 3.64. The first-order chi connectivity index (χ1) is 14.9. The molecule has 0 bridgehead atoms. The summed E-state index contributed by atoms with van der Waals surface area (Å²) in [6.07, 6.45) is 9.66. The Hall–Kier alpha value is -2.65. The predicted octanol–water partition coefficient (Wildman–Crippen LogP) is 3.73. The molecule has 10 nitrogen and oxygen atoms in total. The van der Waals surface area contributed by atoms with Crippen molar-refractivity contribution in [3.8, 4) is 0 Å². The molecule has 1 saturated carbocycles. The van der Waals surface area contributed by atoms with E-state index in [1.165, 1.54) is 6.42 Å². The van der Waals surface area contributed by atoms with E-state index in [4.69, 9.17) is 0 Å². The highest BCUT2D eigenvalue weighted by molar-refractivity contribution is 5.77. The number of anilines is 3. The summed E-state index contributed by atoms with van der Waals surface area (Å²) in [5.74, 6) is -1.38. The minimum Gasteiger partial charge on any atom is -0.480 e. The molecule has 31 heavy (non-hydrogen) atoms. The molecule has 1 heterocycles. The standard InChI is InChI=1S/C21H36N6O4/c1-3-5-12-15(17(28)29)23-20-25-19(22-14-10-8-7-9-11-14)26-21(27-20)24-16(18(30)31)13-6-4-2/h14-16H,3-13H2,1-2H3,(H,28,29)(H,30,31)(H3,22,23,24,25,26,27). The number of nitrogens with one attached hydrogen (secondary N) is 3. The van der Waals surface area contributed by atoms with Gasteiger partial charge in [0.1, 0.15) is 12.1 Å². The number of hydrogen-bond donors (Lipinski definition) is 5. The molecule has 0 aliphatic heterocycles. The second-order valence-corrected chi connectivity index (χ2v) is 8.14. The molecule has 0 radical (unpaired) electrons. The van der Waals surface area contributed by atoms with Gasteiger partial charge in [-0.1, -0.05) is 58.8 Å². The van der Waals surface area contributed by atoms with Crippen molar-refractivity contribution in [3.63, 3.8) is 0 Å². The summed E-state index contributed by atoms with van der Waals surface area (Å²) < 4.78 is 0. The van der Waals surface area contributed by atoms with E-state index in [0.717, 1.165) is 51.4 Å². The Bertz CT molecular complexity index is 665. The Labute approximate surface area is 183 Å². The Morgan fingerprint density at radius 1 is 0.839 bits per heavy atom. The quantitative estimate of drug-likeness (QED) is 0.292. The maximum atomic E-state index is 11.6. The van der Waals surface area contributed by atoms with E-state index in [-0.39, 0.29) is 17.9 Å². The summed E-state index contributed by atoms with van der Waals surface area (Å²) in [7, 11) is 0. The molecule has 0 saturated heterocycles. The summed E-state index contributed by atoms with van der Waals surface area (Å²) in [6, 6.07) is -1.41. The highest BCUT2D eigenvalue weighted by Crippen LogP contribution is 2.22. The predicted molar refractivity (Wildman–Crippen MR) is 119 cm³/mol. The zero-order chi connectivity index (χ0) is 22.6. The van der Waals surface area contributed by atoms with Crippen LogP contribution in [0, 0.1) is 0 Å². The summed E-state index contributed by atoms with van der Waals surface area (Å²) >= 11 is 0. The van der Waals surface area contributed by atoms with E-state index >= 15 is 0 Å². The van der Waals surface area contributed by atoms with Crippen LogP contribution in [0.25, 0.3) is 0 Å². The number of nitrogens with zero attached hydrogens (tertiary/aromatic N) is 3. The third kappa shape index (κ3) is 8.55. The number of rotatable bonds is 14. The number of unbranched alkanes of at least 4 members (excludes halogenated alkanes) is 2. The van der Waals surface area contributed by atoms with Gasteiger partial charge in [0.15, 0.2) is 0 Å². The van der Waals surface area contributed by atoms with Crippen LogP contribution >= 0.6 is 0 Å². The Balaban J connectivity index is 2.24. The number of aromatic nitrogens is 3. The molecular formula is C21H36N6O4. The van der Waals surface area contributed by atoms with Crippen LogP contribution in [0.1, 0.15) is 84.5 Å². The number of carbonyl (C=O) groups is 2. The number of carboxylic acids is 2. The van der Waals surface area contributed by atoms with Gasteiger partial charge in [-0.3, -0.25) is 0 Å². The second-order valence-electron chi connectivity index (χ2n) is 8.14. The van der Waals surface area contributed by atoms with Gasteiger partial charge in [-0.05, 0) is 25.7 Å². The van der Waals surface area contributed by atoms with Crippen molar-refractivity contribution < 1.29 is 19.8 Å². The van der Waals surface area contributed by atoms with Crippen LogP contribution in [0.2, 0.25) is 0 Å². The molecule has 1 aromatic heterocycles. The monoisotopic (exact) mass is 436 g/mol. The molecule has 1 aliphatic rings. The van der Waals surface area contributed by atoms with E-state index in [9.17, 15) is 19.8 Å². The molecule has 0 amide bonds. The molecule has 1 fully saturated rings. The minimum absolute atomic E-state index is 0.124. The highest BCUT2D eigenvalue weighted by Gasteiger charge is 2.22. The lowest BCUT2D eigenvalue weighted by molar-refractivity contribution is -0.139. The Kier molecular flexibility index (Phi) is 10.3. The number of carboxylic acid groups (broad SMARTS) is 2. The zero-order valence-corrected chi connectivity index (χ0v) is 18.6. The third-order valence-corrected chi connectivity index (χ3v) is 5.47. The van der Waals surface area contributed by atoms with Crippen molar-refractivity contribution in [3.05, 3.63) is 0 Å². The van der Waals surface area contributed by atoms with Crippen molar-refractivity contribution in [2.75, 3.05) is 16.0 Å². The average molecular weight is 437 g/mol. The summed E-state index contributed by atoms with van der Waals surface area (Å²) in [6.45, 7) is 4.00. The van der Waals surface area contributed by atoms with Crippen molar-refractivity contribution in [1.29, 1.82) is 0 Å². The summed E-state index contributed by atoms with van der Waals surface area (Å²) in [4.78, 5) is 36.3. The molecule has 2 rings (SSSR count). The van der Waals surface area contributed by atoms with Gasteiger partial charge in [0, 0.05) is 6.04 Å². The van der Waals surface area contributed by atoms with Crippen molar-refractivity contribution in [2.45, 2.75) is 103 Å². The van der Waals surface area contributed by atoms with Crippen molar-refractivity contribution in [1.82, 2.24) is 15.0 Å². The van der Waals surface area contributed by atoms with E-state index in [0.29, 0.717) is 18.8 Å². The van der Waals surface area contributed by atoms with E-state index in [2.05, 4.69) is 30.9 Å². The average Bonchev–Trinajstić information content (AvgIpc) is 2.74. The second kappa shape index (κ2) is 12.9. The molecule has 0 spiro atoms. The molecule has 2 atom stereocenters. The number of hydrogen-bond acceptors (Lipinski definition) is 8. The minimum atomic E-state index is -0.975. The molecular weight excluding hydrogens is 400 g/mol. The van der Waals surface area contributed by atoms with Gasteiger partial charge in [0.25, 0.3) is 0 Å². The van der Waals surface area contributed by atoms with Gasteiger partial charge in [0.05, 0.1) is 0 Å². The van der Waals surface area contributed by atoms with Gasteiger partial charge >= 0.3 is 11.9 Å². The highest BCUT2D eigenvalue weighted by atomic mass is 16.4. The molecule has 0 aromatic carbocycles.